The molecule has 3 rings (SSSR count). The largest absolute Gasteiger partial charge is 0.507 e. The molecule has 1 aliphatic rings. The van der Waals surface area contributed by atoms with Gasteiger partial charge < -0.3 is 5.11 Å². The summed E-state index contributed by atoms with van der Waals surface area (Å²) in [7, 11) is 0. The van der Waals surface area contributed by atoms with Gasteiger partial charge >= 0.3 is 0 Å². The average molecular weight is 427 g/mol. The number of rotatable bonds is 2. The number of benzene rings is 2. The first-order chi connectivity index (χ1) is 11.0. The number of hydrogen-bond donors (Lipinski definition) is 1. The summed E-state index contributed by atoms with van der Waals surface area (Å²) in [6.07, 6.45) is 1.63. The molecule has 0 radical (unpaired) electrons. The average Bonchev–Trinajstić information content (AvgIpc) is 2.77. The van der Waals surface area contributed by atoms with E-state index < -0.39 is 0 Å². The first kappa shape index (κ1) is 16.5. The van der Waals surface area contributed by atoms with Crippen LogP contribution in [0.2, 0.25) is 5.02 Å². The van der Waals surface area contributed by atoms with Crippen molar-refractivity contribution in [1.82, 2.24) is 0 Å². The number of thioether (sulfide) groups is 1. The van der Waals surface area contributed by atoms with Crippen LogP contribution >= 0.6 is 51.5 Å². The summed E-state index contributed by atoms with van der Waals surface area (Å²) in [6, 6.07) is 12.0. The van der Waals surface area contributed by atoms with Gasteiger partial charge in [-0.1, -0.05) is 57.6 Å². The van der Waals surface area contributed by atoms with Crippen LogP contribution in [-0.4, -0.2) is 15.3 Å². The third kappa shape index (κ3) is 3.45. The molecule has 0 saturated carbocycles. The summed E-state index contributed by atoms with van der Waals surface area (Å²) in [4.78, 5) is 14.5. The minimum Gasteiger partial charge on any atom is -0.507 e. The summed E-state index contributed by atoms with van der Waals surface area (Å²) < 4.78 is 1.24. The van der Waals surface area contributed by atoms with Crippen LogP contribution in [0, 0.1) is 0 Å². The number of anilines is 1. The lowest BCUT2D eigenvalue weighted by Gasteiger charge is -2.14. The van der Waals surface area contributed by atoms with Crippen LogP contribution < -0.4 is 4.90 Å². The van der Waals surface area contributed by atoms with Crippen molar-refractivity contribution >= 4 is 73.5 Å². The number of carbonyl (C=O) groups is 1. The van der Waals surface area contributed by atoms with Gasteiger partial charge in [-0.3, -0.25) is 9.69 Å². The molecular formula is C16H9BrClNO2S2. The molecule has 0 spiro atoms. The van der Waals surface area contributed by atoms with Gasteiger partial charge in [-0.2, -0.15) is 0 Å². The number of phenolic OH excluding ortho intramolecular Hbond substituents is 1. The predicted molar refractivity (Wildman–Crippen MR) is 103 cm³/mol. The van der Waals surface area contributed by atoms with E-state index in [0.29, 0.717) is 25.5 Å². The minimum absolute atomic E-state index is 0.0984. The second-order valence-corrected chi connectivity index (χ2v) is 7.73. The highest BCUT2D eigenvalue weighted by Gasteiger charge is 2.33. The van der Waals surface area contributed by atoms with Crippen molar-refractivity contribution in [3.8, 4) is 5.75 Å². The third-order valence-corrected chi connectivity index (χ3v) is 5.17. The summed E-state index contributed by atoms with van der Waals surface area (Å²) in [5.74, 6) is -0.136. The molecule has 23 heavy (non-hydrogen) atoms. The Balaban J connectivity index is 1.98. The van der Waals surface area contributed by atoms with Crippen LogP contribution in [0.1, 0.15) is 5.56 Å². The van der Waals surface area contributed by atoms with Gasteiger partial charge in [0.25, 0.3) is 5.91 Å². The lowest BCUT2D eigenvalue weighted by molar-refractivity contribution is -0.113. The summed E-state index contributed by atoms with van der Waals surface area (Å²) in [5.41, 5.74) is 1.17. The molecular weight excluding hydrogens is 418 g/mol. The Morgan fingerprint density at radius 1 is 1.26 bits per heavy atom. The van der Waals surface area contributed by atoms with Crippen molar-refractivity contribution in [2.75, 3.05) is 4.90 Å². The summed E-state index contributed by atoms with van der Waals surface area (Å²) in [5, 5.41) is 10.4. The number of halogens is 2. The van der Waals surface area contributed by atoms with Crippen LogP contribution in [0.5, 0.6) is 5.75 Å². The molecule has 1 amide bonds. The van der Waals surface area contributed by atoms with Crippen LogP contribution in [-0.2, 0) is 4.79 Å². The summed E-state index contributed by atoms with van der Waals surface area (Å²) >= 11 is 15.8. The van der Waals surface area contributed by atoms with Gasteiger partial charge in [-0.25, -0.2) is 0 Å². The summed E-state index contributed by atoms with van der Waals surface area (Å²) in [6.45, 7) is 0. The van der Waals surface area contributed by atoms with E-state index in [-0.39, 0.29) is 11.7 Å². The third-order valence-electron chi connectivity index (χ3n) is 3.14. The van der Waals surface area contributed by atoms with Gasteiger partial charge in [0.2, 0.25) is 0 Å². The highest BCUT2D eigenvalue weighted by molar-refractivity contribution is 9.10. The lowest BCUT2D eigenvalue weighted by Crippen LogP contribution is -2.27. The molecule has 7 heteroatoms. The highest BCUT2D eigenvalue weighted by Crippen LogP contribution is 2.37. The van der Waals surface area contributed by atoms with E-state index in [2.05, 4.69) is 15.9 Å². The molecule has 116 valence electrons. The highest BCUT2D eigenvalue weighted by atomic mass is 79.9. The molecule has 2 aromatic carbocycles. The maximum Gasteiger partial charge on any atom is 0.270 e. The maximum atomic E-state index is 12.6. The number of aromatic hydroxyl groups is 1. The SMILES string of the molecule is O=C1/C(=C\c2cc(Br)ccc2O)SC(=S)N1c1cccc(Cl)c1. The number of amides is 1. The number of hydrogen-bond acceptors (Lipinski definition) is 4. The maximum absolute atomic E-state index is 12.6. The first-order valence-corrected chi connectivity index (χ1v) is 8.87. The topological polar surface area (TPSA) is 40.5 Å². The second kappa shape index (κ2) is 6.65. The zero-order chi connectivity index (χ0) is 16.6. The van der Waals surface area contributed by atoms with Crippen molar-refractivity contribution < 1.29 is 9.90 Å². The molecule has 1 heterocycles. The van der Waals surface area contributed by atoms with Crippen LogP contribution in [0.3, 0.4) is 0 Å². The molecule has 2 aromatic rings. The van der Waals surface area contributed by atoms with Gasteiger partial charge in [-0.05, 0) is 42.5 Å². The molecule has 1 saturated heterocycles. The Hall–Kier alpha value is -1.34. The first-order valence-electron chi connectivity index (χ1n) is 6.48. The molecule has 0 bridgehead atoms. The monoisotopic (exact) mass is 425 g/mol. The van der Waals surface area contributed by atoms with E-state index in [4.69, 9.17) is 23.8 Å². The van der Waals surface area contributed by atoms with Crippen molar-refractivity contribution in [2.24, 2.45) is 0 Å². The second-order valence-electron chi connectivity index (χ2n) is 4.70. The van der Waals surface area contributed by atoms with E-state index in [0.717, 1.165) is 4.47 Å². The van der Waals surface area contributed by atoms with Crippen LogP contribution in [0.4, 0.5) is 5.69 Å². The molecule has 0 aliphatic carbocycles. The fourth-order valence-corrected chi connectivity index (χ4v) is 3.94. The normalized spacial score (nSPS) is 16.4. The fourth-order valence-electron chi connectivity index (χ4n) is 2.09. The van der Waals surface area contributed by atoms with Gasteiger partial charge in [0.1, 0.15) is 5.75 Å². The lowest BCUT2D eigenvalue weighted by atomic mass is 10.2. The molecule has 0 unspecified atom stereocenters. The van der Waals surface area contributed by atoms with Gasteiger partial charge in [0.15, 0.2) is 4.32 Å². The Labute approximate surface area is 156 Å². The van der Waals surface area contributed by atoms with Gasteiger partial charge in [0.05, 0.1) is 10.6 Å². The molecule has 1 N–H and O–H groups in total. The van der Waals surface area contributed by atoms with E-state index in [1.165, 1.54) is 16.7 Å². The number of phenols is 1. The Morgan fingerprint density at radius 3 is 2.78 bits per heavy atom. The van der Waals surface area contributed by atoms with Crippen molar-refractivity contribution in [3.05, 3.63) is 62.4 Å². The van der Waals surface area contributed by atoms with E-state index in [1.54, 1.807) is 48.5 Å². The molecule has 1 fully saturated rings. The Morgan fingerprint density at radius 2 is 2.04 bits per heavy atom. The molecule has 3 nitrogen and oxygen atoms in total. The Bertz CT molecular complexity index is 854. The number of thiocarbonyl (C=S) groups is 1. The fraction of sp³-hybridized carbons (Fsp3) is 0. The molecule has 0 atom stereocenters. The van der Waals surface area contributed by atoms with Crippen molar-refractivity contribution in [1.29, 1.82) is 0 Å². The van der Waals surface area contributed by atoms with E-state index in [9.17, 15) is 9.90 Å². The smallest absolute Gasteiger partial charge is 0.270 e. The Kier molecular flexibility index (Phi) is 4.77. The zero-order valence-corrected chi connectivity index (χ0v) is 15.5. The van der Waals surface area contributed by atoms with E-state index in [1.807, 2.05) is 0 Å². The van der Waals surface area contributed by atoms with Gasteiger partial charge in [-0.15, -0.1) is 0 Å². The van der Waals surface area contributed by atoms with Gasteiger partial charge in [0, 0.05) is 15.1 Å². The number of nitrogens with zero attached hydrogens (tertiary/aromatic N) is 1. The van der Waals surface area contributed by atoms with Crippen molar-refractivity contribution in [2.45, 2.75) is 0 Å². The van der Waals surface area contributed by atoms with Crippen LogP contribution in [0.25, 0.3) is 6.08 Å². The van der Waals surface area contributed by atoms with Crippen molar-refractivity contribution in [3.63, 3.8) is 0 Å². The standard InChI is InChI=1S/C16H9BrClNO2S2/c17-10-4-5-13(20)9(6-10)7-14-15(21)19(16(22)23-14)12-3-1-2-11(18)8-12/h1-8,20H/b14-7+. The predicted octanol–water partition coefficient (Wildman–Crippen LogP) is 5.21. The van der Waals surface area contributed by atoms with Crippen LogP contribution in [0.15, 0.2) is 51.8 Å². The number of carbonyl (C=O) groups excluding carboxylic acids is 1. The zero-order valence-electron chi connectivity index (χ0n) is 11.5. The quantitative estimate of drug-likeness (QED) is 0.528. The minimum atomic E-state index is -0.235. The molecule has 0 aromatic heterocycles. The molecule has 1 aliphatic heterocycles. The van der Waals surface area contributed by atoms with E-state index >= 15 is 0 Å².